The Morgan fingerprint density at radius 3 is 2.70 bits per heavy atom. The molecule has 1 fully saturated rings. The molecule has 1 saturated heterocycles. The molecule has 0 bridgehead atoms. The van der Waals surface area contributed by atoms with Crippen LogP contribution in [-0.4, -0.2) is 52.6 Å². The van der Waals surface area contributed by atoms with Crippen LogP contribution in [0, 0.1) is 16.7 Å². The van der Waals surface area contributed by atoms with Gasteiger partial charge in [0, 0.05) is 33.5 Å². The molecule has 6 nitrogen and oxygen atoms in total. The molecular formula is C14H24N2O4. The number of carbonyl (C=O) groups is 1. The number of ether oxygens (including phenoxy) is 3. The SMILES string of the molecule is COCCOCCCCNC(=O)C1(C#N)CCOCC1. The lowest BCUT2D eigenvalue weighted by Gasteiger charge is -2.29. The molecule has 0 saturated carbocycles. The average molecular weight is 284 g/mol. The number of nitriles is 1. The Bertz CT molecular complexity index is 322. The number of rotatable bonds is 9. The lowest BCUT2D eigenvalue weighted by molar-refractivity contribution is -0.132. The first-order valence-corrected chi connectivity index (χ1v) is 7.09. The van der Waals surface area contributed by atoms with E-state index in [1.807, 2.05) is 0 Å². The Morgan fingerprint density at radius 2 is 2.05 bits per heavy atom. The Hall–Kier alpha value is -1.16. The van der Waals surface area contributed by atoms with Crippen LogP contribution in [0.2, 0.25) is 0 Å². The second-order valence-electron chi connectivity index (χ2n) is 4.87. The van der Waals surface area contributed by atoms with Crippen LogP contribution in [0.4, 0.5) is 0 Å². The zero-order chi connectivity index (χ0) is 14.7. The van der Waals surface area contributed by atoms with Crippen molar-refractivity contribution in [2.24, 2.45) is 5.41 Å². The quantitative estimate of drug-likeness (QED) is 0.635. The number of nitrogens with zero attached hydrogens (tertiary/aromatic N) is 1. The van der Waals surface area contributed by atoms with E-state index in [2.05, 4.69) is 11.4 Å². The molecule has 20 heavy (non-hydrogen) atoms. The number of unbranched alkanes of at least 4 members (excludes halogenated alkanes) is 1. The Labute approximate surface area is 120 Å². The molecule has 0 spiro atoms. The molecule has 1 aliphatic heterocycles. The van der Waals surface area contributed by atoms with Crippen LogP contribution in [0.25, 0.3) is 0 Å². The molecule has 0 aliphatic carbocycles. The molecular weight excluding hydrogens is 260 g/mol. The molecule has 0 aromatic carbocycles. The van der Waals surface area contributed by atoms with Crippen LogP contribution in [0.5, 0.6) is 0 Å². The van der Waals surface area contributed by atoms with Crippen molar-refractivity contribution < 1.29 is 19.0 Å². The molecule has 0 aromatic heterocycles. The summed E-state index contributed by atoms with van der Waals surface area (Å²) in [6.07, 6.45) is 2.69. The van der Waals surface area contributed by atoms with Crippen molar-refractivity contribution in [3.8, 4) is 6.07 Å². The normalized spacial score (nSPS) is 17.4. The molecule has 0 atom stereocenters. The van der Waals surface area contributed by atoms with E-state index < -0.39 is 5.41 Å². The van der Waals surface area contributed by atoms with Gasteiger partial charge in [-0.05, 0) is 25.7 Å². The van der Waals surface area contributed by atoms with E-state index in [1.165, 1.54) is 0 Å². The number of hydrogen-bond donors (Lipinski definition) is 1. The minimum atomic E-state index is -0.896. The third kappa shape index (κ3) is 5.45. The van der Waals surface area contributed by atoms with Gasteiger partial charge < -0.3 is 19.5 Å². The second kappa shape index (κ2) is 9.70. The summed E-state index contributed by atoms with van der Waals surface area (Å²) in [6.45, 7) is 3.40. The highest BCUT2D eigenvalue weighted by molar-refractivity contribution is 5.85. The molecule has 1 aliphatic rings. The number of amides is 1. The molecule has 1 rings (SSSR count). The Balaban J connectivity index is 2.11. The smallest absolute Gasteiger partial charge is 0.240 e. The maximum atomic E-state index is 12.1. The monoisotopic (exact) mass is 284 g/mol. The minimum Gasteiger partial charge on any atom is -0.382 e. The van der Waals surface area contributed by atoms with Crippen LogP contribution in [0.1, 0.15) is 25.7 Å². The number of carbonyl (C=O) groups excluding carboxylic acids is 1. The van der Waals surface area contributed by atoms with Crippen molar-refractivity contribution in [2.75, 3.05) is 46.7 Å². The van der Waals surface area contributed by atoms with Gasteiger partial charge in [0.05, 0.1) is 19.3 Å². The van der Waals surface area contributed by atoms with Crippen molar-refractivity contribution in [3.05, 3.63) is 0 Å². The van der Waals surface area contributed by atoms with Gasteiger partial charge in [0.2, 0.25) is 5.91 Å². The fourth-order valence-corrected chi connectivity index (χ4v) is 2.05. The first-order valence-electron chi connectivity index (χ1n) is 7.09. The van der Waals surface area contributed by atoms with Gasteiger partial charge in [-0.3, -0.25) is 4.79 Å². The second-order valence-corrected chi connectivity index (χ2v) is 4.87. The van der Waals surface area contributed by atoms with Gasteiger partial charge in [0.1, 0.15) is 5.41 Å². The maximum absolute atomic E-state index is 12.1. The molecule has 114 valence electrons. The van der Waals surface area contributed by atoms with Gasteiger partial charge in [-0.2, -0.15) is 5.26 Å². The van der Waals surface area contributed by atoms with Gasteiger partial charge in [-0.15, -0.1) is 0 Å². The standard InChI is InChI=1S/C14H24N2O4/c1-18-10-11-19-7-3-2-6-16-13(17)14(12-15)4-8-20-9-5-14/h2-11H2,1H3,(H,16,17). The average Bonchev–Trinajstić information content (AvgIpc) is 2.50. The zero-order valence-electron chi connectivity index (χ0n) is 12.2. The summed E-state index contributed by atoms with van der Waals surface area (Å²) in [5.74, 6) is -0.163. The highest BCUT2D eigenvalue weighted by Gasteiger charge is 2.40. The third-order valence-electron chi connectivity index (χ3n) is 3.43. The van der Waals surface area contributed by atoms with Gasteiger partial charge in [0.15, 0.2) is 0 Å². The summed E-state index contributed by atoms with van der Waals surface area (Å²) < 4.78 is 15.4. The predicted octanol–water partition coefficient (Wildman–Crippen LogP) is 0.866. The van der Waals surface area contributed by atoms with Crippen molar-refractivity contribution in [1.29, 1.82) is 5.26 Å². The summed E-state index contributed by atoms with van der Waals surface area (Å²) in [5, 5.41) is 12.1. The fourth-order valence-electron chi connectivity index (χ4n) is 2.05. The van der Waals surface area contributed by atoms with E-state index in [-0.39, 0.29) is 5.91 Å². The zero-order valence-corrected chi connectivity index (χ0v) is 12.2. The van der Waals surface area contributed by atoms with Crippen molar-refractivity contribution in [3.63, 3.8) is 0 Å². The number of hydrogen-bond acceptors (Lipinski definition) is 5. The highest BCUT2D eigenvalue weighted by atomic mass is 16.5. The largest absolute Gasteiger partial charge is 0.382 e. The minimum absolute atomic E-state index is 0.163. The van der Waals surface area contributed by atoms with E-state index in [9.17, 15) is 10.1 Å². The fraction of sp³-hybridized carbons (Fsp3) is 0.857. The van der Waals surface area contributed by atoms with E-state index in [4.69, 9.17) is 14.2 Å². The summed E-state index contributed by atoms with van der Waals surface area (Å²) in [6, 6.07) is 2.16. The lowest BCUT2D eigenvalue weighted by Crippen LogP contribution is -2.44. The summed E-state index contributed by atoms with van der Waals surface area (Å²) >= 11 is 0. The first-order chi connectivity index (χ1) is 9.75. The van der Waals surface area contributed by atoms with Crippen molar-refractivity contribution in [2.45, 2.75) is 25.7 Å². The van der Waals surface area contributed by atoms with Crippen LogP contribution in [-0.2, 0) is 19.0 Å². The summed E-state index contributed by atoms with van der Waals surface area (Å²) in [5.41, 5.74) is -0.896. The van der Waals surface area contributed by atoms with Gasteiger partial charge in [-0.1, -0.05) is 0 Å². The molecule has 0 radical (unpaired) electrons. The van der Waals surface area contributed by atoms with Gasteiger partial charge >= 0.3 is 0 Å². The van der Waals surface area contributed by atoms with E-state index >= 15 is 0 Å². The summed E-state index contributed by atoms with van der Waals surface area (Å²) in [7, 11) is 1.64. The first kappa shape index (κ1) is 16.9. The van der Waals surface area contributed by atoms with Crippen molar-refractivity contribution in [1.82, 2.24) is 5.32 Å². The van der Waals surface area contributed by atoms with Crippen LogP contribution in [0.3, 0.4) is 0 Å². The molecule has 0 aromatic rings. The number of methoxy groups -OCH3 is 1. The summed E-state index contributed by atoms with van der Waals surface area (Å²) in [4.78, 5) is 12.1. The highest BCUT2D eigenvalue weighted by Crippen LogP contribution is 2.29. The molecule has 0 unspecified atom stereocenters. The number of nitrogens with one attached hydrogen (secondary N) is 1. The third-order valence-corrected chi connectivity index (χ3v) is 3.43. The Morgan fingerprint density at radius 1 is 1.30 bits per heavy atom. The topological polar surface area (TPSA) is 80.6 Å². The van der Waals surface area contributed by atoms with Crippen molar-refractivity contribution >= 4 is 5.91 Å². The molecule has 1 N–H and O–H groups in total. The van der Waals surface area contributed by atoms with Crippen LogP contribution >= 0.6 is 0 Å². The van der Waals surface area contributed by atoms with Crippen LogP contribution < -0.4 is 5.32 Å². The maximum Gasteiger partial charge on any atom is 0.240 e. The Kier molecular flexibility index (Phi) is 8.19. The molecule has 6 heteroatoms. The van der Waals surface area contributed by atoms with Gasteiger partial charge in [-0.25, -0.2) is 0 Å². The van der Waals surface area contributed by atoms with Gasteiger partial charge in [0.25, 0.3) is 0 Å². The van der Waals surface area contributed by atoms with E-state index in [1.54, 1.807) is 7.11 Å². The molecule has 1 heterocycles. The van der Waals surface area contributed by atoms with Crippen LogP contribution in [0.15, 0.2) is 0 Å². The predicted molar refractivity (Wildman–Crippen MR) is 73.0 cm³/mol. The van der Waals surface area contributed by atoms with E-state index in [0.717, 1.165) is 12.8 Å². The van der Waals surface area contributed by atoms with E-state index in [0.29, 0.717) is 52.4 Å². The molecule has 1 amide bonds. The lowest BCUT2D eigenvalue weighted by atomic mass is 9.81.